The van der Waals surface area contributed by atoms with E-state index in [4.69, 9.17) is 4.42 Å². The minimum absolute atomic E-state index is 0.651. The highest BCUT2D eigenvalue weighted by molar-refractivity contribution is 5.49. The van der Waals surface area contributed by atoms with Gasteiger partial charge in [-0.25, -0.2) is 4.98 Å². The van der Waals surface area contributed by atoms with Crippen LogP contribution in [0.4, 0.5) is 11.7 Å². The van der Waals surface area contributed by atoms with Crippen LogP contribution < -0.4 is 9.80 Å². The molecule has 3 aromatic rings. The molecule has 0 atom stereocenters. The zero-order chi connectivity index (χ0) is 14.2. The number of piperazine rings is 1. The van der Waals surface area contributed by atoms with E-state index in [9.17, 15) is 0 Å². The maximum atomic E-state index is 5.46. The number of nitrogens with zero attached hydrogens (tertiary/aromatic N) is 6. The fraction of sp³-hybridized carbons (Fsp3) is 0.357. The molecule has 0 unspecified atom stereocenters. The lowest BCUT2D eigenvalue weighted by Crippen LogP contribution is -2.47. The molecule has 3 aromatic heterocycles. The first-order valence-electron chi connectivity index (χ1n) is 7.02. The largest absolute Gasteiger partial charge is 0.449 e. The Balaban J connectivity index is 1.59. The Bertz CT molecular complexity index is 742. The standard InChI is InChI=1S/C14H16N6O/c1-11-9-12(20-14(17-11)15-10-16-20)18-4-6-19(7-5-18)13-3-2-8-21-13/h2-3,8-10H,4-7H2,1H3. The zero-order valence-corrected chi connectivity index (χ0v) is 11.8. The Morgan fingerprint density at radius 2 is 1.95 bits per heavy atom. The highest BCUT2D eigenvalue weighted by atomic mass is 16.3. The van der Waals surface area contributed by atoms with Gasteiger partial charge in [-0.1, -0.05) is 0 Å². The third-order valence-electron chi connectivity index (χ3n) is 3.78. The quantitative estimate of drug-likeness (QED) is 0.708. The molecule has 4 heterocycles. The van der Waals surface area contributed by atoms with Crippen LogP contribution >= 0.6 is 0 Å². The molecule has 0 N–H and O–H groups in total. The van der Waals surface area contributed by atoms with Crippen LogP contribution in [0.5, 0.6) is 0 Å². The van der Waals surface area contributed by atoms with Gasteiger partial charge in [0.05, 0.1) is 6.26 Å². The van der Waals surface area contributed by atoms with Crippen LogP contribution in [0.1, 0.15) is 5.69 Å². The van der Waals surface area contributed by atoms with Crippen LogP contribution in [0.3, 0.4) is 0 Å². The Morgan fingerprint density at radius 1 is 1.14 bits per heavy atom. The van der Waals surface area contributed by atoms with E-state index in [1.54, 1.807) is 17.1 Å². The number of aromatic nitrogens is 4. The van der Waals surface area contributed by atoms with Crippen molar-refractivity contribution in [1.82, 2.24) is 19.6 Å². The number of hydrogen-bond acceptors (Lipinski definition) is 6. The van der Waals surface area contributed by atoms with Gasteiger partial charge in [0.2, 0.25) is 0 Å². The molecule has 1 saturated heterocycles. The summed E-state index contributed by atoms with van der Waals surface area (Å²) >= 11 is 0. The molecule has 1 fully saturated rings. The molecule has 0 spiro atoms. The molecule has 0 radical (unpaired) electrons. The van der Waals surface area contributed by atoms with Crippen LogP contribution in [-0.4, -0.2) is 45.8 Å². The Hall–Kier alpha value is -2.57. The number of furan rings is 1. The SMILES string of the molecule is Cc1cc(N2CCN(c3ccco3)CC2)n2ncnc2n1. The predicted molar refractivity (Wildman–Crippen MR) is 78.7 cm³/mol. The van der Waals surface area contributed by atoms with Crippen molar-refractivity contribution >= 4 is 17.5 Å². The van der Waals surface area contributed by atoms with E-state index in [-0.39, 0.29) is 0 Å². The van der Waals surface area contributed by atoms with Crippen molar-refractivity contribution in [3.63, 3.8) is 0 Å². The first-order valence-corrected chi connectivity index (χ1v) is 7.02. The van der Waals surface area contributed by atoms with Gasteiger partial charge in [-0.3, -0.25) is 0 Å². The Kier molecular flexibility index (Phi) is 2.77. The average molecular weight is 284 g/mol. The number of aryl methyl sites for hydroxylation is 1. The highest BCUT2D eigenvalue weighted by Crippen LogP contribution is 2.21. The van der Waals surface area contributed by atoms with Crippen molar-refractivity contribution in [1.29, 1.82) is 0 Å². The number of fused-ring (bicyclic) bond motifs is 1. The Labute approximate surface area is 121 Å². The molecule has 4 rings (SSSR count). The number of rotatable bonds is 2. The molecule has 0 bridgehead atoms. The number of anilines is 2. The van der Waals surface area contributed by atoms with Gasteiger partial charge in [0.15, 0.2) is 5.88 Å². The van der Waals surface area contributed by atoms with Gasteiger partial charge in [0.25, 0.3) is 5.78 Å². The van der Waals surface area contributed by atoms with E-state index in [2.05, 4.69) is 30.9 Å². The summed E-state index contributed by atoms with van der Waals surface area (Å²) < 4.78 is 7.26. The van der Waals surface area contributed by atoms with E-state index in [1.165, 1.54) is 0 Å². The summed E-state index contributed by atoms with van der Waals surface area (Å²) in [4.78, 5) is 13.1. The second-order valence-corrected chi connectivity index (χ2v) is 5.15. The van der Waals surface area contributed by atoms with E-state index in [0.717, 1.165) is 43.6 Å². The minimum Gasteiger partial charge on any atom is -0.449 e. The summed E-state index contributed by atoms with van der Waals surface area (Å²) in [5.41, 5.74) is 0.957. The maximum Gasteiger partial charge on any atom is 0.254 e. The molecular formula is C14H16N6O. The lowest BCUT2D eigenvalue weighted by Gasteiger charge is -2.35. The van der Waals surface area contributed by atoms with E-state index in [0.29, 0.717) is 5.78 Å². The normalized spacial score (nSPS) is 15.9. The summed E-state index contributed by atoms with van der Waals surface area (Å²) in [6, 6.07) is 5.99. The molecule has 0 amide bonds. The fourth-order valence-electron chi connectivity index (χ4n) is 2.74. The van der Waals surface area contributed by atoms with Crippen molar-refractivity contribution in [2.75, 3.05) is 36.0 Å². The van der Waals surface area contributed by atoms with Gasteiger partial charge in [-0.2, -0.15) is 14.6 Å². The van der Waals surface area contributed by atoms with Gasteiger partial charge in [-0.15, -0.1) is 0 Å². The zero-order valence-electron chi connectivity index (χ0n) is 11.8. The summed E-state index contributed by atoms with van der Waals surface area (Å²) in [5, 5.41) is 4.27. The van der Waals surface area contributed by atoms with Gasteiger partial charge >= 0.3 is 0 Å². The summed E-state index contributed by atoms with van der Waals surface area (Å²) in [5.74, 6) is 2.64. The van der Waals surface area contributed by atoms with Gasteiger partial charge in [-0.05, 0) is 13.0 Å². The maximum absolute atomic E-state index is 5.46. The molecular weight excluding hydrogens is 268 g/mol. The lowest BCUT2D eigenvalue weighted by atomic mass is 10.3. The third kappa shape index (κ3) is 2.10. The smallest absolute Gasteiger partial charge is 0.254 e. The Morgan fingerprint density at radius 3 is 2.71 bits per heavy atom. The van der Waals surface area contributed by atoms with Crippen LogP contribution in [0.15, 0.2) is 35.2 Å². The van der Waals surface area contributed by atoms with Crippen molar-refractivity contribution in [2.45, 2.75) is 6.92 Å². The summed E-state index contributed by atoms with van der Waals surface area (Å²) in [7, 11) is 0. The first-order chi connectivity index (χ1) is 10.3. The van der Waals surface area contributed by atoms with E-state index in [1.807, 2.05) is 19.1 Å². The summed E-state index contributed by atoms with van der Waals surface area (Å²) in [6.45, 7) is 5.66. The highest BCUT2D eigenvalue weighted by Gasteiger charge is 2.21. The molecule has 0 saturated carbocycles. The molecule has 0 aliphatic carbocycles. The van der Waals surface area contributed by atoms with E-state index < -0.39 is 0 Å². The fourth-order valence-corrected chi connectivity index (χ4v) is 2.74. The molecule has 108 valence electrons. The molecule has 7 heteroatoms. The van der Waals surface area contributed by atoms with Crippen LogP contribution in [0.2, 0.25) is 0 Å². The molecule has 1 aliphatic heterocycles. The van der Waals surface area contributed by atoms with Gasteiger partial charge in [0.1, 0.15) is 12.1 Å². The van der Waals surface area contributed by atoms with Gasteiger partial charge < -0.3 is 14.2 Å². The van der Waals surface area contributed by atoms with Crippen LogP contribution in [0.25, 0.3) is 5.78 Å². The monoisotopic (exact) mass is 284 g/mol. The van der Waals surface area contributed by atoms with Crippen molar-refractivity contribution in [3.05, 3.63) is 36.5 Å². The van der Waals surface area contributed by atoms with Gasteiger partial charge in [0, 0.05) is 44.0 Å². The van der Waals surface area contributed by atoms with Crippen LogP contribution in [0, 0.1) is 6.92 Å². The topological polar surface area (TPSA) is 62.7 Å². The molecule has 7 nitrogen and oxygen atoms in total. The summed E-state index contributed by atoms with van der Waals surface area (Å²) in [6.07, 6.45) is 3.26. The van der Waals surface area contributed by atoms with Crippen molar-refractivity contribution in [3.8, 4) is 0 Å². The second-order valence-electron chi connectivity index (χ2n) is 5.15. The van der Waals surface area contributed by atoms with Crippen LogP contribution in [-0.2, 0) is 0 Å². The molecule has 21 heavy (non-hydrogen) atoms. The first kappa shape index (κ1) is 12.2. The van der Waals surface area contributed by atoms with E-state index >= 15 is 0 Å². The third-order valence-corrected chi connectivity index (χ3v) is 3.78. The van der Waals surface area contributed by atoms with Crippen molar-refractivity contribution in [2.24, 2.45) is 0 Å². The minimum atomic E-state index is 0.651. The molecule has 1 aliphatic rings. The lowest BCUT2D eigenvalue weighted by molar-refractivity contribution is 0.524. The van der Waals surface area contributed by atoms with Crippen molar-refractivity contribution < 1.29 is 4.42 Å². The average Bonchev–Trinajstić information content (AvgIpc) is 3.17. The predicted octanol–water partition coefficient (Wildman–Crippen LogP) is 1.35. The molecule has 0 aromatic carbocycles. The number of hydrogen-bond donors (Lipinski definition) is 0. The second kappa shape index (κ2) is 4.76.